The molecule has 1 aromatic rings. The highest BCUT2D eigenvalue weighted by atomic mass is 16.7. The van der Waals surface area contributed by atoms with Crippen LogP contribution in [0.5, 0.6) is 0 Å². The van der Waals surface area contributed by atoms with E-state index in [1.165, 1.54) is 11.6 Å². The average Bonchev–Trinajstić information content (AvgIpc) is 2.88. The molecule has 0 aromatic carbocycles. The Bertz CT molecular complexity index is 515. The lowest BCUT2D eigenvalue weighted by molar-refractivity contribution is -0.159. The van der Waals surface area contributed by atoms with Crippen LogP contribution in [0.3, 0.4) is 0 Å². The van der Waals surface area contributed by atoms with Crippen LogP contribution in [-0.4, -0.2) is 35.1 Å². The smallest absolute Gasteiger partial charge is 0.354 e. The molecule has 0 atom stereocenters. The summed E-state index contributed by atoms with van der Waals surface area (Å²) in [5.41, 5.74) is 2.21. The van der Waals surface area contributed by atoms with Gasteiger partial charge in [-0.05, 0) is 23.6 Å². The van der Waals surface area contributed by atoms with E-state index in [1.807, 2.05) is 0 Å². The Kier molecular flexibility index (Phi) is 3.08. The molecular formula is C14H15NO4. The molecule has 0 saturated carbocycles. The predicted octanol–water partition coefficient (Wildman–Crippen LogP) is 2.09. The first-order valence-corrected chi connectivity index (χ1v) is 6.35. The number of carbonyl (C=O) groups is 1. The highest BCUT2D eigenvalue weighted by Crippen LogP contribution is 2.37. The fraction of sp³-hybridized carbons (Fsp3) is 0.429. The lowest BCUT2D eigenvalue weighted by atomic mass is 9.90. The summed E-state index contributed by atoms with van der Waals surface area (Å²) in [6.07, 6.45) is 6.15. The van der Waals surface area contributed by atoms with Crippen molar-refractivity contribution >= 4 is 11.5 Å². The van der Waals surface area contributed by atoms with Crippen LogP contribution < -0.4 is 0 Å². The van der Waals surface area contributed by atoms with E-state index in [0.717, 1.165) is 24.8 Å². The van der Waals surface area contributed by atoms with Crippen LogP contribution in [0.25, 0.3) is 5.57 Å². The highest BCUT2D eigenvalue weighted by molar-refractivity contribution is 5.85. The van der Waals surface area contributed by atoms with Crippen molar-refractivity contribution in [2.75, 3.05) is 13.2 Å². The van der Waals surface area contributed by atoms with Crippen LogP contribution in [0.4, 0.5) is 0 Å². The van der Waals surface area contributed by atoms with Crippen molar-refractivity contribution in [3.05, 3.63) is 35.7 Å². The molecule has 1 saturated heterocycles. The molecule has 2 heterocycles. The molecule has 1 aliphatic heterocycles. The Morgan fingerprint density at radius 1 is 1.32 bits per heavy atom. The number of aromatic carboxylic acids is 1. The van der Waals surface area contributed by atoms with E-state index in [0.29, 0.717) is 13.2 Å². The van der Waals surface area contributed by atoms with Gasteiger partial charge >= 0.3 is 5.97 Å². The Morgan fingerprint density at radius 3 is 2.63 bits per heavy atom. The number of aromatic nitrogens is 1. The first-order chi connectivity index (χ1) is 9.19. The van der Waals surface area contributed by atoms with E-state index in [1.54, 1.807) is 12.3 Å². The van der Waals surface area contributed by atoms with Crippen LogP contribution in [0, 0.1) is 0 Å². The summed E-state index contributed by atoms with van der Waals surface area (Å²) in [6.45, 7) is 1.33. The molecular weight excluding hydrogens is 246 g/mol. The molecule has 100 valence electrons. The zero-order chi connectivity index (χ0) is 13.3. The standard InChI is InChI=1S/C14H15NO4/c16-13(17)12-2-1-11(9-15-12)10-3-5-14(6-4-10)18-7-8-19-14/h1-3,9H,4-8H2,(H,16,17). The molecule has 19 heavy (non-hydrogen) atoms. The van der Waals surface area contributed by atoms with Gasteiger partial charge in [0, 0.05) is 19.0 Å². The van der Waals surface area contributed by atoms with Crippen molar-refractivity contribution in [1.29, 1.82) is 0 Å². The lowest BCUT2D eigenvalue weighted by Crippen LogP contribution is -2.31. The normalized spacial score (nSPS) is 21.4. The van der Waals surface area contributed by atoms with Crippen LogP contribution in [0.15, 0.2) is 24.4 Å². The number of nitrogens with zero attached hydrogens (tertiary/aromatic N) is 1. The molecule has 1 aromatic heterocycles. The van der Waals surface area contributed by atoms with E-state index in [4.69, 9.17) is 14.6 Å². The summed E-state index contributed by atoms with van der Waals surface area (Å²) < 4.78 is 11.3. The molecule has 1 fully saturated rings. The summed E-state index contributed by atoms with van der Waals surface area (Å²) >= 11 is 0. The summed E-state index contributed by atoms with van der Waals surface area (Å²) in [4.78, 5) is 14.7. The second-order valence-corrected chi connectivity index (χ2v) is 4.78. The average molecular weight is 261 g/mol. The summed E-state index contributed by atoms with van der Waals surface area (Å²) in [5.74, 6) is -1.42. The predicted molar refractivity (Wildman–Crippen MR) is 67.7 cm³/mol. The molecule has 0 amide bonds. The molecule has 1 spiro atoms. The Balaban J connectivity index is 1.76. The van der Waals surface area contributed by atoms with Crippen LogP contribution >= 0.6 is 0 Å². The third-order valence-electron chi connectivity index (χ3n) is 3.60. The van der Waals surface area contributed by atoms with Crippen molar-refractivity contribution < 1.29 is 19.4 Å². The first kappa shape index (κ1) is 12.3. The topological polar surface area (TPSA) is 68.7 Å². The minimum Gasteiger partial charge on any atom is -0.477 e. The third kappa shape index (κ3) is 2.39. The van der Waals surface area contributed by atoms with Crippen molar-refractivity contribution in [3.8, 4) is 0 Å². The van der Waals surface area contributed by atoms with Crippen LogP contribution in [0.2, 0.25) is 0 Å². The number of hydrogen-bond donors (Lipinski definition) is 1. The maximum atomic E-state index is 10.7. The minimum absolute atomic E-state index is 0.0686. The van der Waals surface area contributed by atoms with Gasteiger partial charge < -0.3 is 14.6 Å². The minimum atomic E-state index is -1.00. The van der Waals surface area contributed by atoms with Gasteiger partial charge in [0.1, 0.15) is 5.69 Å². The lowest BCUT2D eigenvalue weighted by Gasteiger charge is -2.30. The Hall–Kier alpha value is -1.72. The Morgan fingerprint density at radius 2 is 2.11 bits per heavy atom. The molecule has 5 heteroatoms. The van der Waals surface area contributed by atoms with Gasteiger partial charge in [0.25, 0.3) is 0 Å². The van der Waals surface area contributed by atoms with Gasteiger partial charge in [-0.15, -0.1) is 0 Å². The number of pyridine rings is 1. The summed E-state index contributed by atoms with van der Waals surface area (Å²) in [6, 6.07) is 3.34. The first-order valence-electron chi connectivity index (χ1n) is 6.35. The van der Waals surface area contributed by atoms with Crippen LogP contribution in [0.1, 0.15) is 35.3 Å². The van der Waals surface area contributed by atoms with E-state index in [2.05, 4.69) is 11.1 Å². The highest BCUT2D eigenvalue weighted by Gasteiger charge is 2.37. The summed E-state index contributed by atoms with van der Waals surface area (Å²) in [7, 11) is 0. The van der Waals surface area contributed by atoms with Gasteiger partial charge in [-0.2, -0.15) is 0 Å². The maximum Gasteiger partial charge on any atom is 0.354 e. The fourth-order valence-electron chi connectivity index (χ4n) is 2.54. The Labute approximate surface area is 110 Å². The van der Waals surface area contributed by atoms with Gasteiger partial charge in [0.15, 0.2) is 5.79 Å². The van der Waals surface area contributed by atoms with Gasteiger partial charge in [-0.3, -0.25) is 0 Å². The number of carboxylic acids is 1. The van der Waals surface area contributed by atoms with Crippen LogP contribution in [-0.2, 0) is 9.47 Å². The number of hydrogen-bond acceptors (Lipinski definition) is 4. The second kappa shape index (κ2) is 4.75. The fourth-order valence-corrected chi connectivity index (χ4v) is 2.54. The molecule has 0 radical (unpaired) electrons. The molecule has 5 nitrogen and oxygen atoms in total. The van der Waals surface area contributed by atoms with Crippen molar-refractivity contribution in [2.24, 2.45) is 0 Å². The number of ether oxygens (including phenoxy) is 2. The van der Waals surface area contributed by atoms with E-state index in [9.17, 15) is 4.79 Å². The third-order valence-corrected chi connectivity index (χ3v) is 3.60. The van der Waals surface area contributed by atoms with Crippen molar-refractivity contribution in [2.45, 2.75) is 25.0 Å². The molecule has 1 N–H and O–H groups in total. The molecule has 2 aliphatic rings. The van der Waals surface area contributed by atoms with E-state index < -0.39 is 11.8 Å². The van der Waals surface area contributed by atoms with Gasteiger partial charge in [-0.25, -0.2) is 9.78 Å². The van der Waals surface area contributed by atoms with Crippen molar-refractivity contribution in [1.82, 2.24) is 4.98 Å². The molecule has 3 rings (SSSR count). The molecule has 1 aliphatic carbocycles. The monoisotopic (exact) mass is 261 g/mol. The summed E-state index contributed by atoms with van der Waals surface area (Å²) in [5, 5.41) is 8.82. The van der Waals surface area contributed by atoms with Gasteiger partial charge in [-0.1, -0.05) is 12.1 Å². The van der Waals surface area contributed by atoms with E-state index in [-0.39, 0.29) is 5.69 Å². The van der Waals surface area contributed by atoms with E-state index >= 15 is 0 Å². The second-order valence-electron chi connectivity index (χ2n) is 4.78. The number of allylic oxidation sites excluding steroid dienone is 1. The number of rotatable bonds is 2. The zero-order valence-corrected chi connectivity index (χ0v) is 10.5. The van der Waals surface area contributed by atoms with Gasteiger partial charge in [0.05, 0.1) is 13.2 Å². The quantitative estimate of drug-likeness (QED) is 0.882. The molecule has 0 unspecified atom stereocenters. The van der Waals surface area contributed by atoms with Crippen molar-refractivity contribution in [3.63, 3.8) is 0 Å². The zero-order valence-electron chi connectivity index (χ0n) is 10.5. The SMILES string of the molecule is O=C(O)c1ccc(C2=CCC3(CC2)OCCO3)cn1. The molecule has 0 bridgehead atoms. The maximum absolute atomic E-state index is 10.7. The largest absolute Gasteiger partial charge is 0.477 e. The number of carboxylic acid groups (broad SMARTS) is 1. The van der Waals surface area contributed by atoms with Gasteiger partial charge in [0.2, 0.25) is 0 Å².